The van der Waals surface area contributed by atoms with Crippen LogP contribution in [0.2, 0.25) is 0 Å². The normalized spacial score (nSPS) is 11.3. The Morgan fingerprint density at radius 1 is 1.44 bits per heavy atom. The molecule has 0 saturated carbocycles. The van der Waals surface area contributed by atoms with E-state index < -0.39 is 33.8 Å². The highest BCUT2D eigenvalue weighted by molar-refractivity contribution is 5.47. The molecular weight excluding hydrogens is 224 g/mol. The van der Waals surface area contributed by atoms with Gasteiger partial charge in [-0.2, -0.15) is 4.39 Å². The first kappa shape index (κ1) is 12.3. The zero-order valence-electron chi connectivity index (χ0n) is 8.53. The monoisotopic (exact) mass is 233 g/mol. The van der Waals surface area contributed by atoms with Crippen molar-refractivity contribution in [2.75, 3.05) is 0 Å². The number of nitro benzene ring substituents is 1. The fourth-order valence-corrected chi connectivity index (χ4v) is 1.04. The average Bonchev–Trinajstić information content (AvgIpc) is 2.08. The van der Waals surface area contributed by atoms with Crippen molar-refractivity contribution in [2.45, 2.75) is 19.6 Å². The standard InChI is InChI=1S/C9H9F2NO4/c1-9(2,13)16-6-4-3-5(10)7(11)8(6)12(14)15/h3-4,13H,1-2H3. The van der Waals surface area contributed by atoms with Crippen molar-refractivity contribution in [1.29, 1.82) is 0 Å². The number of nitrogens with zero attached hydrogens (tertiary/aromatic N) is 1. The van der Waals surface area contributed by atoms with Crippen LogP contribution in [0, 0.1) is 21.7 Å². The van der Waals surface area contributed by atoms with Crippen molar-refractivity contribution in [2.24, 2.45) is 0 Å². The third-order valence-electron chi connectivity index (χ3n) is 1.57. The minimum Gasteiger partial charge on any atom is -0.456 e. The van der Waals surface area contributed by atoms with Gasteiger partial charge in [-0.1, -0.05) is 0 Å². The molecule has 0 atom stereocenters. The second kappa shape index (κ2) is 4.01. The quantitative estimate of drug-likeness (QED) is 0.492. The van der Waals surface area contributed by atoms with Crippen molar-refractivity contribution < 1.29 is 23.5 Å². The summed E-state index contributed by atoms with van der Waals surface area (Å²) in [6.07, 6.45) is 0. The van der Waals surface area contributed by atoms with Crippen LogP contribution >= 0.6 is 0 Å². The zero-order valence-corrected chi connectivity index (χ0v) is 8.53. The van der Waals surface area contributed by atoms with Crippen molar-refractivity contribution >= 4 is 5.69 Å². The smallest absolute Gasteiger partial charge is 0.349 e. The van der Waals surface area contributed by atoms with Crippen LogP contribution in [0.5, 0.6) is 5.75 Å². The molecule has 16 heavy (non-hydrogen) atoms. The molecule has 1 N–H and O–H groups in total. The Morgan fingerprint density at radius 3 is 2.44 bits per heavy atom. The van der Waals surface area contributed by atoms with Crippen molar-refractivity contribution in [3.8, 4) is 5.75 Å². The molecule has 1 aromatic carbocycles. The van der Waals surface area contributed by atoms with Crippen LogP contribution in [0.25, 0.3) is 0 Å². The second-order valence-corrected chi connectivity index (χ2v) is 3.51. The fraction of sp³-hybridized carbons (Fsp3) is 0.333. The lowest BCUT2D eigenvalue weighted by Crippen LogP contribution is -2.27. The van der Waals surface area contributed by atoms with E-state index >= 15 is 0 Å². The maximum absolute atomic E-state index is 13.1. The second-order valence-electron chi connectivity index (χ2n) is 3.51. The summed E-state index contributed by atoms with van der Waals surface area (Å²) in [4.78, 5) is 9.41. The molecule has 7 heteroatoms. The van der Waals surface area contributed by atoms with Gasteiger partial charge in [-0.25, -0.2) is 4.39 Å². The van der Waals surface area contributed by atoms with E-state index in [9.17, 15) is 24.0 Å². The number of hydrogen-bond donors (Lipinski definition) is 1. The summed E-state index contributed by atoms with van der Waals surface area (Å²) in [5.41, 5.74) is -1.14. The Labute approximate surface area is 89.4 Å². The predicted octanol–water partition coefficient (Wildman–Crippen LogP) is 1.98. The molecule has 0 fully saturated rings. The summed E-state index contributed by atoms with van der Waals surface area (Å²) < 4.78 is 30.6. The summed E-state index contributed by atoms with van der Waals surface area (Å²) in [6.45, 7) is 2.41. The maximum Gasteiger partial charge on any atom is 0.349 e. The summed E-state index contributed by atoms with van der Waals surface area (Å²) in [5.74, 6) is -5.23. The minimum atomic E-state index is -1.73. The average molecular weight is 233 g/mol. The van der Waals surface area contributed by atoms with E-state index in [1.165, 1.54) is 13.8 Å². The lowest BCUT2D eigenvalue weighted by Gasteiger charge is -2.19. The zero-order chi connectivity index (χ0) is 12.5. The van der Waals surface area contributed by atoms with Gasteiger partial charge in [0.1, 0.15) is 0 Å². The summed E-state index contributed by atoms with van der Waals surface area (Å²) in [6, 6.07) is 1.57. The van der Waals surface area contributed by atoms with E-state index in [1.54, 1.807) is 0 Å². The lowest BCUT2D eigenvalue weighted by molar-refractivity contribution is -0.389. The maximum atomic E-state index is 13.1. The highest BCUT2D eigenvalue weighted by Crippen LogP contribution is 2.33. The number of rotatable bonds is 3. The van der Waals surface area contributed by atoms with Gasteiger partial charge in [0, 0.05) is 13.8 Å². The van der Waals surface area contributed by atoms with E-state index in [4.69, 9.17) is 4.74 Å². The molecular formula is C9H9F2NO4. The van der Waals surface area contributed by atoms with Gasteiger partial charge in [-0.15, -0.1) is 0 Å². The first-order valence-corrected chi connectivity index (χ1v) is 4.26. The molecule has 0 aromatic heterocycles. The molecule has 0 heterocycles. The van der Waals surface area contributed by atoms with E-state index in [1.807, 2.05) is 0 Å². The number of nitro groups is 1. The van der Waals surface area contributed by atoms with Gasteiger partial charge in [-0.05, 0) is 12.1 Å². The number of aliphatic hydroxyl groups is 1. The van der Waals surface area contributed by atoms with Crippen molar-refractivity contribution in [3.05, 3.63) is 33.9 Å². The van der Waals surface area contributed by atoms with Gasteiger partial charge in [0.25, 0.3) is 0 Å². The topological polar surface area (TPSA) is 72.6 Å². The molecule has 5 nitrogen and oxygen atoms in total. The molecule has 1 aromatic rings. The van der Waals surface area contributed by atoms with Crippen LogP contribution in [0.4, 0.5) is 14.5 Å². The summed E-state index contributed by atoms with van der Waals surface area (Å²) in [7, 11) is 0. The van der Waals surface area contributed by atoms with E-state index in [0.717, 1.165) is 6.07 Å². The Balaban J connectivity index is 3.29. The molecule has 88 valence electrons. The molecule has 0 radical (unpaired) electrons. The summed E-state index contributed by atoms with van der Waals surface area (Å²) in [5, 5.41) is 19.8. The number of benzene rings is 1. The highest BCUT2D eigenvalue weighted by Gasteiger charge is 2.28. The van der Waals surface area contributed by atoms with Crippen LogP contribution in [0.3, 0.4) is 0 Å². The Morgan fingerprint density at radius 2 is 2.00 bits per heavy atom. The van der Waals surface area contributed by atoms with Crippen molar-refractivity contribution in [3.63, 3.8) is 0 Å². The van der Waals surface area contributed by atoms with E-state index in [0.29, 0.717) is 6.07 Å². The van der Waals surface area contributed by atoms with Crippen LogP contribution < -0.4 is 4.74 Å². The molecule has 0 aliphatic carbocycles. The van der Waals surface area contributed by atoms with Crippen molar-refractivity contribution in [1.82, 2.24) is 0 Å². The van der Waals surface area contributed by atoms with Gasteiger partial charge in [0.2, 0.25) is 17.4 Å². The Hall–Kier alpha value is -1.76. The van der Waals surface area contributed by atoms with E-state index in [2.05, 4.69) is 0 Å². The van der Waals surface area contributed by atoms with Gasteiger partial charge in [-0.3, -0.25) is 10.1 Å². The largest absolute Gasteiger partial charge is 0.456 e. The van der Waals surface area contributed by atoms with Gasteiger partial charge in [0.15, 0.2) is 5.82 Å². The lowest BCUT2D eigenvalue weighted by atomic mass is 10.2. The Kier molecular flexibility index (Phi) is 3.09. The molecule has 0 spiro atoms. The molecule has 0 aliphatic heterocycles. The molecule has 0 amide bonds. The van der Waals surface area contributed by atoms with Gasteiger partial charge < -0.3 is 9.84 Å². The predicted molar refractivity (Wildman–Crippen MR) is 49.9 cm³/mol. The third kappa shape index (κ3) is 2.63. The summed E-state index contributed by atoms with van der Waals surface area (Å²) >= 11 is 0. The van der Waals surface area contributed by atoms with Crippen LogP contribution in [0.1, 0.15) is 13.8 Å². The first-order chi connectivity index (χ1) is 7.22. The highest BCUT2D eigenvalue weighted by atomic mass is 19.2. The molecule has 0 aliphatic rings. The van der Waals surface area contributed by atoms with Gasteiger partial charge >= 0.3 is 5.69 Å². The molecule has 1 rings (SSSR count). The fourth-order valence-electron chi connectivity index (χ4n) is 1.04. The third-order valence-corrected chi connectivity index (χ3v) is 1.57. The van der Waals surface area contributed by atoms with Crippen LogP contribution in [-0.4, -0.2) is 15.8 Å². The number of halogens is 2. The van der Waals surface area contributed by atoms with Crippen LogP contribution in [0.15, 0.2) is 12.1 Å². The SMILES string of the molecule is CC(C)(O)Oc1ccc(F)c(F)c1[N+](=O)[O-]. The molecule has 0 saturated heterocycles. The first-order valence-electron chi connectivity index (χ1n) is 4.26. The van der Waals surface area contributed by atoms with Crippen LogP contribution in [-0.2, 0) is 0 Å². The molecule has 0 unspecified atom stereocenters. The van der Waals surface area contributed by atoms with Gasteiger partial charge in [0.05, 0.1) is 4.92 Å². The Bertz CT molecular complexity index is 428. The molecule has 0 bridgehead atoms. The number of hydrogen-bond acceptors (Lipinski definition) is 4. The van der Waals surface area contributed by atoms with E-state index in [-0.39, 0.29) is 0 Å². The minimum absolute atomic E-state index is 0.531. The number of ether oxygens (including phenoxy) is 1.